The predicted octanol–water partition coefficient (Wildman–Crippen LogP) is 2.27. The molecular weight excluding hydrogens is 323 g/mol. The maximum atomic E-state index is 13.9. The number of hydrogen-bond acceptors (Lipinski definition) is 3. The fourth-order valence-electron chi connectivity index (χ4n) is 2.79. The van der Waals surface area contributed by atoms with Crippen molar-refractivity contribution >= 4 is 17.6 Å². The Kier molecular flexibility index (Phi) is 4.17. The Bertz CT molecular complexity index is 814. The second kappa shape index (κ2) is 6.12. The molecule has 1 aliphatic carbocycles. The van der Waals surface area contributed by atoms with Gasteiger partial charge in [0.15, 0.2) is 0 Å². The van der Waals surface area contributed by atoms with Gasteiger partial charge < -0.3 is 5.11 Å². The van der Waals surface area contributed by atoms with Gasteiger partial charge in [-0.25, -0.2) is 9.07 Å². The summed E-state index contributed by atoms with van der Waals surface area (Å²) in [5.41, 5.74) is 1.16. The molecule has 23 heavy (non-hydrogen) atoms. The topological polar surface area (TPSA) is 72.2 Å². The summed E-state index contributed by atoms with van der Waals surface area (Å²) in [4.78, 5) is 23.3. The zero-order valence-corrected chi connectivity index (χ0v) is 12.9. The summed E-state index contributed by atoms with van der Waals surface area (Å²) in [6.07, 6.45) is 1.26. The van der Waals surface area contributed by atoms with Crippen molar-refractivity contribution in [1.82, 2.24) is 9.78 Å². The van der Waals surface area contributed by atoms with Gasteiger partial charge >= 0.3 is 5.97 Å². The number of aliphatic carboxylic acids is 1. The summed E-state index contributed by atoms with van der Waals surface area (Å²) in [5, 5.41) is 13.6. The average molecular weight is 337 g/mol. The van der Waals surface area contributed by atoms with E-state index in [-0.39, 0.29) is 17.1 Å². The lowest BCUT2D eigenvalue weighted by molar-refractivity contribution is -0.142. The third kappa shape index (κ3) is 3.12. The van der Waals surface area contributed by atoms with E-state index < -0.39 is 23.3 Å². The highest BCUT2D eigenvalue weighted by Gasteiger charge is 2.26. The number of aryl methyl sites for hydroxylation is 1. The molecule has 0 spiro atoms. The van der Waals surface area contributed by atoms with Crippen LogP contribution in [0, 0.1) is 11.7 Å². The van der Waals surface area contributed by atoms with Crippen LogP contribution in [0.15, 0.2) is 29.1 Å². The first kappa shape index (κ1) is 15.7. The Balaban J connectivity index is 1.94. The van der Waals surface area contributed by atoms with Crippen LogP contribution >= 0.6 is 11.6 Å². The Morgan fingerprint density at radius 2 is 2.26 bits per heavy atom. The Labute approximate surface area is 136 Å². The number of fused-ring (bicyclic) bond motifs is 1. The molecule has 1 aliphatic rings. The van der Waals surface area contributed by atoms with Gasteiger partial charge in [0.1, 0.15) is 5.82 Å². The number of carboxylic acid groups (broad SMARTS) is 1. The van der Waals surface area contributed by atoms with Crippen LogP contribution in [0.25, 0.3) is 0 Å². The van der Waals surface area contributed by atoms with E-state index in [4.69, 9.17) is 16.7 Å². The summed E-state index contributed by atoms with van der Waals surface area (Å²) in [5.74, 6) is -1.84. The largest absolute Gasteiger partial charge is 0.481 e. The van der Waals surface area contributed by atoms with Crippen molar-refractivity contribution in [1.29, 1.82) is 0 Å². The summed E-state index contributed by atoms with van der Waals surface area (Å²) in [6.45, 7) is -0.0556. The number of hydrogen-bond donors (Lipinski definition) is 1. The van der Waals surface area contributed by atoms with Crippen LogP contribution in [0.5, 0.6) is 0 Å². The number of benzene rings is 1. The van der Waals surface area contributed by atoms with Crippen LogP contribution in [0.2, 0.25) is 5.02 Å². The Morgan fingerprint density at radius 1 is 1.48 bits per heavy atom. The average Bonchev–Trinajstić information content (AvgIpc) is 2.50. The number of nitrogens with zero attached hydrogens (tertiary/aromatic N) is 2. The third-order valence-electron chi connectivity index (χ3n) is 4.08. The molecule has 0 saturated carbocycles. The highest BCUT2D eigenvalue weighted by atomic mass is 35.5. The quantitative estimate of drug-likeness (QED) is 0.933. The summed E-state index contributed by atoms with van der Waals surface area (Å²) < 4.78 is 15.0. The highest BCUT2D eigenvalue weighted by Crippen LogP contribution is 2.24. The fraction of sp³-hybridized carbons (Fsp3) is 0.312. The molecule has 0 bridgehead atoms. The lowest BCUT2D eigenvalue weighted by atomic mass is 9.87. The monoisotopic (exact) mass is 336 g/mol. The minimum atomic E-state index is -0.863. The molecule has 7 heteroatoms. The molecule has 1 atom stereocenters. The highest BCUT2D eigenvalue weighted by molar-refractivity contribution is 6.31. The van der Waals surface area contributed by atoms with Crippen molar-refractivity contribution in [2.45, 2.75) is 25.8 Å². The van der Waals surface area contributed by atoms with Crippen molar-refractivity contribution < 1.29 is 14.3 Å². The number of rotatable bonds is 3. The van der Waals surface area contributed by atoms with Gasteiger partial charge in [0.25, 0.3) is 5.56 Å². The van der Waals surface area contributed by atoms with E-state index in [2.05, 4.69) is 5.10 Å². The summed E-state index contributed by atoms with van der Waals surface area (Å²) >= 11 is 5.98. The molecule has 1 aromatic heterocycles. The maximum Gasteiger partial charge on any atom is 0.306 e. The standard InChI is InChI=1S/C16H14ClFN2O3/c17-12-2-1-3-13(18)11(12)8-20-15(21)7-10-6-9(16(22)23)4-5-14(10)19-20/h1-3,7,9H,4-6,8H2,(H,22,23). The molecule has 5 nitrogen and oxygen atoms in total. The Hall–Kier alpha value is -2.21. The molecule has 120 valence electrons. The first-order valence-electron chi connectivity index (χ1n) is 7.21. The number of aromatic nitrogens is 2. The minimum Gasteiger partial charge on any atom is -0.481 e. The lowest BCUT2D eigenvalue weighted by Crippen LogP contribution is -2.30. The SMILES string of the molecule is O=C(O)C1CCc2nn(Cc3c(F)cccc3Cl)c(=O)cc2C1. The summed E-state index contributed by atoms with van der Waals surface area (Å²) in [7, 11) is 0. The molecule has 1 heterocycles. The minimum absolute atomic E-state index is 0.0556. The van der Waals surface area contributed by atoms with Crippen LogP contribution < -0.4 is 5.56 Å². The van der Waals surface area contributed by atoms with Gasteiger partial charge in [-0.15, -0.1) is 0 Å². The molecule has 2 aromatic rings. The van der Waals surface area contributed by atoms with E-state index in [1.165, 1.54) is 22.9 Å². The number of halogens is 2. The molecule has 3 rings (SSSR count). The van der Waals surface area contributed by atoms with Crippen molar-refractivity contribution in [3.05, 3.63) is 62.3 Å². The van der Waals surface area contributed by atoms with Crippen LogP contribution in [0.1, 0.15) is 23.2 Å². The lowest BCUT2D eigenvalue weighted by Gasteiger charge is -2.21. The van der Waals surface area contributed by atoms with Gasteiger partial charge in [0.2, 0.25) is 0 Å². The first-order valence-corrected chi connectivity index (χ1v) is 7.59. The van der Waals surface area contributed by atoms with Crippen molar-refractivity contribution in [2.24, 2.45) is 5.92 Å². The smallest absolute Gasteiger partial charge is 0.306 e. The summed E-state index contributed by atoms with van der Waals surface area (Å²) in [6, 6.07) is 5.73. The van der Waals surface area contributed by atoms with E-state index >= 15 is 0 Å². The molecule has 0 fully saturated rings. The molecule has 0 aliphatic heterocycles. The molecule has 1 aromatic carbocycles. The van der Waals surface area contributed by atoms with Crippen LogP contribution in [0.4, 0.5) is 4.39 Å². The number of carbonyl (C=O) groups is 1. The van der Waals surface area contributed by atoms with E-state index in [0.29, 0.717) is 30.5 Å². The molecule has 0 radical (unpaired) electrons. The van der Waals surface area contributed by atoms with Crippen LogP contribution in [-0.2, 0) is 24.2 Å². The number of carboxylic acids is 1. The van der Waals surface area contributed by atoms with Crippen LogP contribution in [0.3, 0.4) is 0 Å². The van der Waals surface area contributed by atoms with E-state index in [1.54, 1.807) is 6.07 Å². The fourth-order valence-corrected chi connectivity index (χ4v) is 3.01. The van der Waals surface area contributed by atoms with Gasteiger partial charge in [-0.2, -0.15) is 5.10 Å². The van der Waals surface area contributed by atoms with Gasteiger partial charge in [-0.05, 0) is 37.0 Å². The predicted molar refractivity (Wildman–Crippen MR) is 82.2 cm³/mol. The first-order chi connectivity index (χ1) is 11.0. The zero-order chi connectivity index (χ0) is 16.6. The third-order valence-corrected chi connectivity index (χ3v) is 4.43. The van der Waals surface area contributed by atoms with Gasteiger partial charge in [0.05, 0.1) is 18.2 Å². The van der Waals surface area contributed by atoms with Crippen LogP contribution in [-0.4, -0.2) is 20.9 Å². The zero-order valence-electron chi connectivity index (χ0n) is 12.1. The Morgan fingerprint density at radius 3 is 2.96 bits per heavy atom. The second-order valence-electron chi connectivity index (χ2n) is 5.59. The van der Waals surface area contributed by atoms with Gasteiger partial charge in [0, 0.05) is 16.7 Å². The van der Waals surface area contributed by atoms with Crippen molar-refractivity contribution in [3.8, 4) is 0 Å². The van der Waals surface area contributed by atoms with E-state index in [9.17, 15) is 14.0 Å². The second-order valence-corrected chi connectivity index (χ2v) is 6.00. The molecule has 1 N–H and O–H groups in total. The maximum absolute atomic E-state index is 13.9. The normalized spacial score (nSPS) is 16.9. The van der Waals surface area contributed by atoms with Crippen molar-refractivity contribution in [3.63, 3.8) is 0 Å². The van der Waals surface area contributed by atoms with Gasteiger partial charge in [-0.3, -0.25) is 9.59 Å². The molecule has 0 saturated heterocycles. The molecular formula is C16H14ClFN2O3. The van der Waals surface area contributed by atoms with Crippen molar-refractivity contribution in [2.75, 3.05) is 0 Å². The van der Waals surface area contributed by atoms with E-state index in [0.717, 1.165) is 0 Å². The molecule has 1 unspecified atom stereocenters. The van der Waals surface area contributed by atoms with Gasteiger partial charge in [-0.1, -0.05) is 17.7 Å². The molecule has 0 amide bonds. The van der Waals surface area contributed by atoms with E-state index in [1.807, 2.05) is 0 Å².